The highest BCUT2D eigenvalue weighted by Gasteiger charge is 2.29. The number of carbonyl (C=O) groups excluding carboxylic acids is 1. The molecule has 0 bridgehead atoms. The monoisotopic (exact) mass is 210 g/mol. The van der Waals surface area contributed by atoms with Gasteiger partial charge in [0.05, 0.1) is 31.3 Å². The molecule has 0 rings (SSSR count). The van der Waals surface area contributed by atoms with Crippen molar-refractivity contribution in [3.8, 4) is 12.1 Å². The molecule has 0 aromatic rings. The topological polar surface area (TPSA) is 83.1 Å². The predicted octanol–water partition coefficient (Wildman–Crippen LogP) is 1.01. The summed E-state index contributed by atoms with van der Waals surface area (Å²) in [6, 6.07) is 3.69. The van der Waals surface area contributed by atoms with Crippen LogP contribution in [-0.4, -0.2) is 25.3 Å². The van der Waals surface area contributed by atoms with Crippen LogP contribution in [0.2, 0.25) is 0 Å². The molecule has 0 radical (unpaired) electrons. The number of carbonyl (C=O) groups is 1. The molecule has 2 unspecified atom stereocenters. The number of hydrogen-bond acceptors (Lipinski definition) is 5. The second-order valence-electron chi connectivity index (χ2n) is 2.71. The lowest BCUT2D eigenvalue weighted by molar-refractivity contribution is -0.150. The maximum atomic E-state index is 11.3. The summed E-state index contributed by atoms with van der Waals surface area (Å²) in [5.74, 6) is -1.65. The minimum atomic E-state index is -1.02. The van der Waals surface area contributed by atoms with E-state index in [0.29, 0.717) is 6.61 Å². The fraction of sp³-hybridized carbons (Fsp3) is 0.700. The summed E-state index contributed by atoms with van der Waals surface area (Å²) in [5, 5.41) is 17.3. The van der Waals surface area contributed by atoms with Crippen molar-refractivity contribution < 1.29 is 14.3 Å². The maximum Gasteiger partial charge on any atom is 0.326 e. The van der Waals surface area contributed by atoms with Gasteiger partial charge in [0.2, 0.25) is 0 Å². The molecule has 82 valence electrons. The van der Waals surface area contributed by atoms with Gasteiger partial charge in [-0.05, 0) is 13.8 Å². The zero-order valence-corrected chi connectivity index (χ0v) is 8.90. The molecule has 0 aromatic heterocycles. The van der Waals surface area contributed by atoms with Gasteiger partial charge in [-0.15, -0.1) is 0 Å². The highest BCUT2D eigenvalue weighted by molar-refractivity contribution is 5.76. The lowest BCUT2D eigenvalue weighted by Crippen LogP contribution is -2.31. The average molecular weight is 210 g/mol. The Balaban J connectivity index is 4.53. The van der Waals surface area contributed by atoms with Gasteiger partial charge in [-0.3, -0.25) is 4.79 Å². The molecule has 15 heavy (non-hydrogen) atoms. The molecule has 0 N–H and O–H groups in total. The molecule has 0 heterocycles. The average Bonchev–Trinajstić information content (AvgIpc) is 2.20. The van der Waals surface area contributed by atoms with Gasteiger partial charge in [0, 0.05) is 6.61 Å². The number of hydrogen-bond donors (Lipinski definition) is 0. The summed E-state index contributed by atoms with van der Waals surface area (Å²) in [7, 11) is 0. The Kier molecular flexibility index (Phi) is 6.96. The SMILES string of the molecule is CCOC(=O)C(C#N)C(CC#N)OCC. The smallest absolute Gasteiger partial charge is 0.326 e. The van der Waals surface area contributed by atoms with Crippen molar-refractivity contribution in [1.29, 1.82) is 10.5 Å². The fourth-order valence-electron chi connectivity index (χ4n) is 1.10. The van der Waals surface area contributed by atoms with Crippen LogP contribution in [0.3, 0.4) is 0 Å². The van der Waals surface area contributed by atoms with Crippen molar-refractivity contribution in [3.63, 3.8) is 0 Å². The number of ether oxygens (including phenoxy) is 2. The summed E-state index contributed by atoms with van der Waals surface area (Å²) in [6.45, 7) is 3.96. The molecule has 0 aliphatic rings. The molecular formula is C10H14N2O3. The van der Waals surface area contributed by atoms with E-state index in [9.17, 15) is 4.79 Å². The largest absolute Gasteiger partial charge is 0.465 e. The Labute approximate surface area is 89.2 Å². The number of rotatable bonds is 6. The summed E-state index contributed by atoms with van der Waals surface area (Å²) >= 11 is 0. The zero-order valence-electron chi connectivity index (χ0n) is 8.90. The van der Waals surface area contributed by atoms with Gasteiger partial charge in [0.1, 0.15) is 0 Å². The molecule has 0 amide bonds. The third kappa shape index (κ3) is 4.44. The van der Waals surface area contributed by atoms with Crippen LogP contribution in [0.15, 0.2) is 0 Å². The molecule has 0 aromatic carbocycles. The summed E-state index contributed by atoms with van der Waals surface area (Å²) < 4.78 is 9.87. The first-order valence-electron chi connectivity index (χ1n) is 4.76. The molecule has 5 heteroatoms. The lowest BCUT2D eigenvalue weighted by atomic mass is 10.0. The van der Waals surface area contributed by atoms with E-state index in [1.165, 1.54) is 0 Å². The van der Waals surface area contributed by atoms with Gasteiger partial charge >= 0.3 is 5.97 Å². The molecule has 5 nitrogen and oxygen atoms in total. The zero-order chi connectivity index (χ0) is 11.7. The van der Waals surface area contributed by atoms with Gasteiger partial charge in [-0.1, -0.05) is 0 Å². The third-order valence-corrected chi connectivity index (χ3v) is 1.72. The fourth-order valence-corrected chi connectivity index (χ4v) is 1.10. The first-order valence-corrected chi connectivity index (χ1v) is 4.76. The van der Waals surface area contributed by atoms with Crippen LogP contribution in [-0.2, 0) is 14.3 Å². The molecule has 0 aliphatic carbocycles. The van der Waals surface area contributed by atoms with Crippen molar-refractivity contribution >= 4 is 5.97 Å². The van der Waals surface area contributed by atoms with E-state index in [-0.39, 0.29) is 13.0 Å². The third-order valence-electron chi connectivity index (χ3n) is 1.72. The summed E-state index contributed by atoms with van der Waals surface area (Å²) in [6.07, 6.45) is -0.700. The van der Waals surface area contributed by atoms with Crippen LogP contribution in [0.4, 0.5) is 0 Å². The molecule has 0 aliphatic heterocycles. The van der Waals surface area contributed by atoms with Gasteiger partial charge in [0.25, 0.3) is 0 Å². The van der Waals surface area contributed by atoms with Crippen molar-refractivity contribution in [2.45, 2.75) is 26.4 Å². The van der Waals surface area contributed by atoms with Crippen molar-refractivity contribution in [3.05, 3.63) is 0 Å². The van der Waals surface area contributed by atoms with E-state index in [4.69, 9.17) is 20.0 Å². The van der Waals surface area contributed by atoms with Crippen LogP contribution < -0.4 is 0 Å². The standard InChI is InChI=1S/C10H14N2O3/c1-3-14-9(5-6-11)8(7-12)10(13)15-4-2/h8-9H,3-5H2,1-2H3. The van der Waals surface area contributed by atoms with Crippen molar-refractivity contribution in [2.75, 3.05) is 13.2 Å². The van der Waals surface area contributed by atoms with Gasteiger partial charge in [-0.25, -0.2) is 0 Å². The van der Waals surface area contributed by atoms with Crippen LogP contribution in [0.25, 0.3) is 0 Å². The Morgan fingerprint density at radius 2 is 2.00 bits per heavy atom. The van der Waals surface area contributed by atoms with Crippen LogP contribution in [0.1, 0.15) is 20.3 Å². The van der Waals surface area contributed by atoms with E-state index < -0.39 is 18.0 Å². The van der Waals surface area contributed by atoms with Crippen molar-refractivity contribution in [2.24, 2.45) is 5.92 Å². The number of nitriles is 2. The summed E-state index contributed by atoms with van der Waals surface area (Å²) in [4.78, 5) is 11.3. The van der Waals surface area contributed by atoms with E-state index in [0.717, 1.165) is 0 Å². The second kappa shape index (κ2) is 7.78. The van der Waals surface area contributed by atoms with Gasteiger partial charge in [0.15, 0.2) is 5.92 Å². The number of nitrogens with zero attached hydrogens (tertiary/aromatic N) is 2. The number of esters is 1. The molecular weight excluding hydrogens is 196 g/mol. The molecule has 0 spiro atoms. The highest BCUT2D eigenvalue weighted by atomic mass is 16.5. The highest BCUT2D eigenvalue weighted by Crippen LogP contribution is 2.13. The normalized spacial score (nSPS) is 13.3. The lowest BCUT2D eigenvalue weighted by Gasteiger charge is -2.17. The molecule has 0 saturated carbocycles. The Morgan fingerprint density at radius 3 is 2.40 bits per heavy atom. The van der Waals surface area contributed by atoms with Crippen molar-refractivity contribution in [1.82, 2.24) is 0 Å². The van der Waals surface area contributed by atoms with Crippen LogP contribution in [0, 0.1) is 28.6 Å². The van der Waals surface area contributed by atoms with Crippen LogP contribution in [0.5, 0.6) is 0 Å². The Bertz CT molecular complexity index is 277. The van der Waals surface area contributed by atoms with Gasteiger partial charge in [-0.2, -0.15) is 10.5 Å². The Morgan fingerprint density at radius 1 is 1.33 bits per heavy atom. The quantitative estimate of drug-likeness (QED) is 0.611. The minimum Gasteiger partial charge on any atom is -0.465 e. The minimum absolute atomic E-state index is 0.00484. The predicted molar refractivity (Wildman–Crippen MR) is 51.4 cm³/mol. The molecule has 2 atom stereocenters. The van der Waals surface area contributed by atoms with Crippen LogP contribution >= 0.6 is 0 Å². The molecule has 0 saturated heterocycles. The van der Waals surface area contributed by atoms with E-state index in [1.54, 1.807) is 19.9 Å². The van der Waals surface area contributed by atoms with E-state index >= 15 is 0 Å². The molecule has 0 fully saturated rings. The Hall–Kier alpha value is -1.59. The first-order chi connectivity index (χ1) is 7.21. The first kappa shape index (κ1) is 13.4. The summed E-state index contributed by atoms with van der Waals surface area (Å²) in [5.41, 5.74) is 0. The van der Waals surface area contributed by atoms with E-state index in [2.05, 4.69) is 0 Å². The van der Waals surface area contributed by atoms with Gasteiger partial charge < -0.3 is 9.47 Å². The maximum absolute atomic E-state index is 11.3. The van der Waals surface area contributed by atoms with E-state index in [1.807, 2.05) is 6.07 Å². The second-order valence-corrected chi connectivity index (χ2v) is 2.71.